The Labute approximate surface area is 180 Å². The van der Waals surface area contributed by atoms with E-state index in [1.807, 2.05) is 24.3 Å². The number of fused-ring (bicyclic) bond motifs is 1. The summed E-state index contributed by atoms with van der Waals surface area (Å²) < 4.78 is 0. The summed E-state index contributed by atoms with van der Waals surface area (Å²) >= 11 is 0. The smallest absolute Gasteiger partial charge is 0.275 e. The van der Waals surface area contributed by atoms with Crippen molar-refractivity contribution in [1.82, 2.24) is 15.4 Å². The number of carbonyl (C=O) groups is 1. The summed E-state index contributed by atoms with van der Waals surface area (Å²) in [5.74, 6) is 12.2. The summed E-state index contributed by atoms with van der Waals surface area (Å²) in [7, 11) is 0. The monoisotopic (exact) mass is 411 g/mol. The first-order valence-corrected chi connectivity index (χ1v) is 10.1. The average Bonchev–Trinajstić information content (AvgIpc) is 3.29. The second kappa shape index (κ2) is 9.40. The minimum Gasteiger partial charge on any atom is -0.396 e. The van der Waals surface area contributed by atoms with Crippen LogP contribution in [-0.4, -0.2) is 32.8 Å². The molecule has 0 aliphatic heterocycles. The Bertz CT molecular complexity index is 1230. The molecule has 4 rings (SSSR count). The van der Waals surface area contributed by atoms with Crippen molar-refractivity contribution in [3.05, 3.63) is 59.9 Å². The number of nitrogens with one attached hydrogen (secondary N) is 1. The fraction of sp³-hybridized carbons (Fsp3) is 0.240. The van der Waals surface area contributed by atoms with Crippen LogP contribution in [0.3, 0.4) is 0 Å². The molecule has 31 heavy (non-hydrogen) atoms. The Morgan fingerprint density at radius 3 is 2.74 bits per heavy atom. The number of carbonyl (C=O) groups excluding carboxylic acids is 1. The number of hydrogen-bond acceptors (Lipinski definition) is 5. The lowest BCUT2D eigenvalue weighted by Gasteiger charge is -2.08. The number of nitrogens with zero attached hydrogens (tertiary/aromatic N) is 2. The van der Waals surface area contributed by atoms with E-state index in [2.05, 4.69) is 33.6 Å². The molecule has 0 spiro atoms. The third kappa shape index (κ3) is 4.73. The van der Waals surface area contributed by atoms with Gasteiger partial charge in [-0.15, -0.1) is 0 Å². The first-order valence-electron chi connectivity index (χ1n) is 10.1. The van der Waals surface area contributed by atoms with E-state index in [1.165, 1.54) is 0 Å². The lowest BCUT2D eigenvalue weighted by atomic mass is 10.0. The van der Waals surface area contributed by atoms with Crippen molar-refractivity contribution in [1.29, 1.82) is 0 Å². The van der Waals surface area contributed by atoms with Crippen molar-refractivity contribution in [3.63, 3.8) is 0 Å². The molecule has 0 saturated heterocycles. The van der Waals surface area contributed by atoms with Crippen molar-refractivity contribution < 1.29 is 15.1 Å². The van der Waals surface area contributed by atoms with Crippen LogP contribution in [0.25, 0.3) is 22.2 Å². The Morgan fingerprint density at radius 1 is 1.16 bits per heavy atom. The number of aliphatic hydroxyl groups excluding tert-OH is 1. The van der Waals surface area contributed by atoms with Crippen LogP contribution in [-0.2, 0) is 0 Å². The second-order valence-corrected chi connectivity index (χ2v) is 7.54. The van der Waals surface area contributed by atoms with E-state index in [0.717, 1.165) is 30.4 Å². The topological polar surface area (TPSA) is 95.3 Å². The molecule has 1 aromatic carbocycles. The van der Waals surface area contributed by atoms with Crippen LogP contribution < -0.4 is 5.48 Å². The molecule has 154 valence electrons. The van der Waals surface area contributed by atoms with Gasteiger partial charge in [-0.3, -0.25) is 15.0 Å². The van der Waals surface area contributed by atoms with E-state index in [-0.39, 0.29) is 6.61 Å². The van der Waals surface area contributed by atoms with Gasteiger partial charge in [0.1, 0.15) is 0 Å². The quantitative estimate of drug-likeness (QED) is 0.350. The molecular weight excluding hydrogens is 390 g/mol. The largest absolute Gasteiger partial charge is 0.396 e. The van der Waals surface area contributed by atoms with Crippen LogP contribution in [0.5, 0.6) is 0 Å². The number of hydrogen-bond donors (Lipinski definition) is 3. The minimum atomic E-state index is -0.615. The molecule has 3 aromatic rings. The van der Waals surface area contributed by atoms with Crippen molar-refractivity contribution in [3.8, 4) is 34.9 Å². The van der Waals surface area contributed by atoms with Gasteiger partial charge in [0.2, 0.25) is 0 Å². The summed E-state index contributed by atoms with van der Waals surface area (Å²) in [5.41, 5.74) is 4.85. The fourth-order valence-electron chi connectivity index (χ4n) is 3.80. The third-order valence-corrected chi connectivity index (χ3v) is 5.48. The van der Waals surface area contributed by atoms with Crippen molar-refractivity contribution in [2.45, 2.75) is 19.3 Å². The maximum atomic E-state index is 12.1. The number of amides is 1. The predicted octanol–water partition coefficient (Wildman–Crippen LogP) is 3.18. The van der Waals surface area contributed by atoms with Gasteiger partial charge in [-0.2, -0.15) is 0 Å². The van der Waals surface area contributed by atoms with Crippen molar-refractivity contribution in [2.75, 3.05) is 6.61 Å². The molecule has 2 heterocycles. The molecule has 0 radical (unpaired) electrons. The highest BCUT2D eigenvalue weighted by molar-refractivity contribution is 6.06. The van der Waals surface area contributed by atoms with Crippen LogP contribution in [0.1, 0.15) is 35.2 Å². The van der Waals surface area contributed by atoms with Gasteiger partial charge in [-0.25, -0.2) is 10.5 Å². The summed E-state index contributed by atoms with van der Waals surface area (Å²) in [5, 5.41) is 18.8. The lowest BCUT2D eigenvalue weighted by Crippen LogP contribution is -2.19. The molecular formula is C25H21N3O3. The SMILES string of the molecule is O=C(NO)c1cc(-c2ccc(C#CC#CC3CCC(CO)C3)cc2)nc2ccncc12. The van der Waals surface area contributed by atoms with Gasteiger partial charge >= 0.3 is 0 Å². The van der Waals surface area contributed by atoms with E-state index in [0.29, 0.717) is 34.0 Å². The molecule has 2 atom stereocenters. The summed E-state index contributed by atoms with van der Waals surface area (Å²) in [6, 6.07) is 10.9. The average molecular weight is 411 g/mol. The van der Waals surface area contributed by atoms with Gasteiger partial charge in [0, 0.05) is 41.4 Å². The van der Waals surface area contributed by atoms with Gasteiger partial charge in [-0.1, -0.05) is 24.0 Å². The molecule has 3 N–H and O–H groups in total. The number of benzene rings is 1. The molecule has 6 nitrogen and oxygen atoms in total. The van der Waals surface area contributed by atoms with E-state index in [4.69, 9.17) is 5.21 Å². The first kappa shape index (κ1) is 20.6. The molecule has 1 saturated carbocycles. The lowest BCUT2D eigenvalue weighted by molar-refractivity contribution is 0.0708. The Kier molecular flexibility index (Phi) is 6.24. The van der Waals surface area contributed by atoms with E-state index >= 15 is 0 Å². The van der Waals surface area contributed by atoms with Crippen LogP contribution >= 0.6 is 0 Å². The van der Waals surface area contributed by atoms with Crippen LogP contribution in [0.2, 0.25) is 0 Å². The third-order valence-electron chi connectivity index (χ3n) is 5.48. The van der Waals surface area contributed by atoms with Gasteiger partial charge < -0.3 is 5.11 Å². The highest BCUT2D eigenvalue weighted by Crippen LogP contribution is 2.29. The molecule has 1 aliphatic carbocycles. The summed E-state index contributed by atoms with van der Waals surface area (Å²) in [4.78, 5) is 20.7. The van der Waals surface area contributed by atoms with E-state index < -0.39 is 5.91 Å². The predicted molar refractivity (Wildman–Crippen MR) is 117 cm³/mol. The fourth-order valence-corrected chi connectivity index (χ4v) is 3.80. The number of hydroxylamine groups is 1. The number of aromatic nitrogens is 2. The number of rotatable bonds is 3. The standard InChI is InChI=1S/C25H21N3O3/c29-16-19-6-5-18(13-19)4-2-1-3-17-7-9-20(10-8-17)24-14-21(25(30)28-31)22-15-26-12-11-23(22)27-24/h7-12,14-15,18-19,29,31H,5-6,13,16H2,(H,28,30). The zero-order chi connectivity index (χ0) is 21.6. The Morgan fingerprint density at radius 2 is 2.00 bits per heavy atom. The van der Waals surface area contributed by atoms with Crippen molar-refractivity contribution >= 4 is 16.8 Å². The zero-order valence-electron chi connectivity index (χ0n) is 16.8. The second-order valence-electron chi connectivity index (χ2n) is 7.54. The number of aliphatic hydroxyl groups is 1. The Hall–Kier alpha value is -3.71. The molecule has 1 amide bonds. The maximum absolute atomic E-state index is 12.1. The summed E-state index contributed by atoms with van der Waals surface area (Å²) in [6.07, 6.45) is 6.16. The molecule has 0 bridgehead atoms. The first-order chi connectivity index (χ1) is 15.2. The molecule has 1 fully saturated rings. The molecule has 2 unspecified atom stereocenters. The van der Waals surface area contributed by atoms with E-state index in [9.17, 15) is 9.90 Å². The molecule has 2 aromatic heterocycles. The van der Waals surface area contributed by atoms with Gasteiger partial charge in [0.05, 0.1) is 16.8 Å². The minimum absolute atomic E-state index is 0.241. The summed E-state index contributed by atoms with van der Waals surface area (Å²) in [6.45, 7) is 0.241. The highest BCUT2D eigenvalue weighted by atomic mass is 16.5. The van der Waals surface area contributed by atoms with Gasteiger partial charge in [0.15, 0.2) is 0 Å². The molecule has 6 heteroatoms. The van der Waals surface area contributed by atoms with Crippen LogP contribution in [0.4, 0.5) is 0 Å². The normalized spacial score (nSPS) is 17.4. The van der Waals surface area contributed by atoms with Crippen LogP contribution in [0.15, 0.2) is 48.8 Å². The van der Waals surface area contributed by atoms with E-state index in [1.54, 1.807) is 30.0 Å². The van der Waals surface area contributed by atoms with Crippen LogP contribution in [0, 0.1) is 35.5 Å². The number of pyridine rings is 2. The van der Waals surface area contributed by atoms with Gasteiger partial charge in [-0.05, 0) is 61.3 Å². The highest BCUT2D eigenvalue weighted by Gasteiger charge is 2.22. The molecule has 1 aliphatic rings. The van der Waals surface area contributed by atoms with Crippen molar-refractivity contribution in [2.24, 2.45) is 11.8 Å². The van der Waals surface area contributed by atoms with Gasteiger partial charge in [0.25, 0.3) is 5.91 Å². The Balaban J connectivity index is 1.54. The zero-order valence-corrected chi connectivity index (χ0v) is 16.8. The maximum Gasteiger partial charge on any atom is 0.275 e.